The monoisotopic (exact) mass is 239 g/mol. The van der Waals surface area contributed by atoms with E-state index in [0.717, 1.165) is 43.9 Å². The second-order valence-corrected chi connectivity index (χ2v) is 4.56. The molecule has 16 heavy (non-hydrogen) atoms. The lowest BCUT2D eigenvalue weighted by atomic mass is 9.96. The molecule has 1 aromatic heterocycles. The third-order valence-electron chi connectivity index (χ3n) is 2.98. The molecule has 4 heteroatoms. The number of nitrogens with zero attached hydrogens (tertiary/aromatic N) is 2. The highest BCUT2D eigenvalue weighted by molar-refractivity contribution is 6.17. The van der Waals surface area contributed by atoms with Crippen LogP contribution in [0, 0.1) is 0 Å². The number of nitrogens with one attached hydrogen (secondary N) is 1. The molecule has 0 bridgehead atoms. The van der Waals surface area contributed by atoms with Gasteiger partial charge in [0.1, 0.15) is 12.1 Å². The Bertz CT molecular complexity index is 341. The molecule has 0 radical (unpaired) electrons. The molecule has 1 aliphatic rings. The van der Waals surface area contributed by atoms with E-state index in [9.17, 15) is 0 Å². The van der Waals surface area contributed by atoms with Crippen molar-refractivity contribution in [2.24, 2.45) is 0 Å². The van der Waals surface area contributed by atoms with Gasteiger partial charge in [-0.25, -0.2) is 9.97 Å². The Hall–Kier alpha value is -0.830. The van der Waals surface area contributed by atoms with Crippen molar-refractivity contribution in [3.63, 3.8) is 0 Å². The van der Waals surface area contributed by atoms with Gasteiger partial charge < -0.3 is 5.32 Å². The predicted octanol–water partition coefficient (Wildman–Crippen LogP) is 2.79. The zero-order chi connectivity index (χ0) is 11.2. The Morgan fingerprint density at radius 2 is 2.06 bits per heavy atom. The summed E-state index contributed by atoms with van der Waals surface area (Å²) in [4.78, 5) is 8.69. The molecular formula is C12H18ClN3. The number of unbranched alkanes of at least 4 members (excludes halogenated alkanes) is 1. The summed E-state index contributed by atoms with van der Waals surface area (Å²) >= 11 is 5.65. The van der Waals surface area contributed by atoms with Crippen LogP contribution >= 0.6 is 11.6 Å². The first kappa shape index (κ1) is 11.6. The first-order valence-corrected chi connectivity index (χ1v) is 6.58. The fourth-order valence-corrected chi connectivity index (χ4v) is 2.29. The van der Waals surface area contributed by atoms with Crippen molar-refractivity contribution in [1.82, 2.24) is 9.97 Å². The van der Waals surface area contributed by atoms with E-state index < -0.39 is 0 Å². The summed E-state index contributed by atoms with van der Waals surface area (Å²) in [6.07, 6.45) is 8.58. The number of fused-ring (bicyclic) bond motifs is 1. The Morgan fingerprint density at radius 3 is 2.94 bits per heavy atom. The van der Waals surface area contributed by atoms with E-state index in [0.29, 0.717) is 0 Å². The van der Waals surface area contributed by atoms with E-state index >= 15 is 0 Å². The van der Waals surface area contributed by atoms with Gasteiger partial charge in [0.15, 0.2) is 0 Å². The third kappa shape index (κ3) is 2.85. The average Bonchev–Trinajstić information content (AvgIpc) is 2.35. The van der Waals surface area contributed by atoms with Crippen LogP contribution in [0.2, 0.25) is 0 Å². The summed E-state index contributed by atoms with van der Waals surface area (Å²) in [6.45, 7) is 0.955. The average molecular weight is 240 g/mol. The first-order chi connectivity index (χ1) is 7.92. The van der Waals surface area contributed by atoms with E-state index in [2.05, 4.69) is 15.3 Å². The molecule has 0 fully saturated rings. The number of hydrogen-bond donors (Lipinski definition) is 1. The number of alkyl halides is 1. The van der Waals surface area contributed by atoms with Crippen molar-refractivity contribution in [1.29, 1.82) is 0 Å². The molecule has 0 amide bonds. The third-order valence-corrected chi connectivity index (χ3v) is 3.25. The standard InChI is InChI=1S/C12H18ClN3/c13-7-3-4-8-14-12-10-5-1-2-6-11(10)15-9-16-12/h9H,1-8H2,(H,14,15,16). The molecule has 0 unspecified atom stereocenters. The van der Waals surface area contributed by atoms with Gasteiger partial charge in [0.05, 0.1) is 0 Å². The number of hydrogen-bond acceptors (Lipinski definition) is 3. The summed E-state index contributed by atoms with van der Waals surface area (Å²) in [7, 11) is 0. The SMILES string of the molecule is ClCCCCNc1ncnc2c1CCCC2. The highest BCUT2D eigenvalue weighted by Gasteiger charge is 2.14. The zero-order valence-corrected chi connectivity index (χ0v) is 10.3. The number of halogens is 1. The number of anilines is 1. The van der Waals surface area contributed by atoms with Gasteiger partial charge in [-0.05, 0) is 38.5 Å². The number of aromatic nitrogens is 2. The highest BCUT2D eigenvalue weighted by atomic mass is 35.5. The predicted molar refractivity (Wildman–Crippen MR) is 67.1 cm³/mol. The molecule has 1 aliphatic carbocycles. The van der Waals surface area contributed by atoms with Crippen molar-refractivity contribution >= 4 is 17.4 Å². The van der Waals surface area contributed by atoms with Gasteiger partial charge in [0.2, 0.25) is 0 Å². The first-order valence-electron chi connectivity index (χ1n) is 6.04. The van der Waals surface area contributed by atoms with Gasteiger partial charge in [-0.15, -0.1) is 11.6 Å². The van der Waals surface area contributed by atoms with Gasteiger partial charge in [-0.3, -0.25) is 0 Å². The molecule has 0 saturated heterocycles. The van der Waals surface area contributed by atoms with E-state index in [1.54, 1.807) is 6.33 Å². The summed E-state index contributed by atoms with van der Waals surface area (Å²) in [5.41, 5.74) is 2.57. The molecule has 1 heterocycles. The van der Waals surface area contributed by atoms with Gasteiger partial charge in [0, 0.05) is 23.7 Å². The van der Waals surface area contributed by atoms with Crippen LogP contribution in [0.1, 0.15) is 36.9 Å². The molecule has 0 aliphatic heterocycles. The maximum Gasteiger partial charge on any atom is 0.132 e. The van der Waals surface area contributed by atoms with Gasteiger partial charge >= 0.3 is 0 Å². The van der Waals surface area contributed by atoms with Crippen molar-refractivity contribution in [3.8, 4) is 0 Å². The lowest BCUT2D eigenvalue weighted by molar-refractivity contribution is 0.662. The van der Waals surface area contributed by atoms with Crippen molar-refractivity contribution in [3.05, 3.63) is 17.6 Å². The Balaban J connectivity index is 1.97. The van der Waals surface area contributed by atoms with Crippen LogP contribution in [-0.2, 0) is 12.8 Å². The van der Waals surface area contributed by atoms with E-state index in [-0.39, 0.29) is 0 Å². The molecule has 88 valence electrons. The Kier molecular flexibility index (Phi) is 4.40. The molecule has 0 saturated carbocycles. The van der Waals surface area contributed by atoms with Crippen molar-refractivity contribution in [2.45, 2.75) is 38.5 Å². The summed E-state index contributed by atoms with van der Waals surface area (Å²) in [6, 6.07) is 0. The smallest absolute Gasteiger partial charge is 0.132 e. The zero-order valence-electron chi connectivity index (χ0n) is 9.51. The molecule has 0 aromatic carbocycles. The van der Waals surface area contributed by atoms with Crippen LogP contribution in [0.4, 0.5) is 5.82 Å². The molecular weight excluding hydrogens is 222 g/mol. The van der Waals surface area contributed by atoms with Gasteiger partial charge in [-0.1, -0.05) is 0 Å². The molecule has 0 spiro atoms. The van der Waals surface area contributed by atoms with Crippen LogP contribution in [0.25, 0.3) is 0 Å². The lowest BCUT2D eigenvalue weighted by Gasteiger charge is -2.17. The van der Waals surface area contributed by atoms with Crippen molar-refractivity contribution < 1.29 is 0 Å². The van der Waals surface area contributed by atoms with Gasteiger partial charge in [0.25, 0.3) is 0 Å². The molecule has 3 nitrogen and oxygen atoms in total. The summed E-state index contributed by atoms with van der Waals surface area (Å²) < 4.78 is 0. The van der Waals surface area contributed by atoms with E-state index in [4.69, 9.17) is 11.6 Å². The molecule has 1 aromatic rings. The van der Waals surface area contributed by atoms with Crippen LogP contribution in [0.3, 0.4) is 0 Å². The summed E-state index contributed by atoms with van der Waals surface area (Å²) in [5.74, 6) is 1.78. The quantitative estimate of drug-likeness (QED) is 0.634. The minimum Gasteiger partial charge on any atom is -0.370 e. The van der Waals surface area contributed by atoms with E-state index in [1.165, 1.54) is 24.1 Å². The fourth-order valence-electron chi connectivity index (χ4n) is 2.10. The van der Waals surface area contributed by atoms with Crippen LogP contribution < -0.4 is 5.32 Å². The van der Waals surface area contributed by atoms with Crippen LogP contribution in [0.15, 0.2) is 6.33 Å². The minimum absolute atomic E-state index is 0.740. The van der Waals surface area contributed by atoms with Crippen LogP contribution in [-0.4, -0.2) is 22.4 Å². The second-order valence-electron chi connectivity index (χ2n) is 4.18. The fraction of sp³-hybridized carbons (Fsp3) is 0.667. The summed E-state index contributed by atoms with van der Waals surface area (Å²) in [5, 5.41) is 3.40. The minimum atomic E-state index is 0.740. The Labute approximate surface area is 102 Å². The van der Waals surface area contributed by atoms with E-state index in [1.807, 2.05) is 0 Å². The Morgan fingerprint density at radius 1 is 1.19 bits per heavy atom. The maximum atomic E-state index is 5.65. The van der Waals surface area contributed by atoms with Crippen molar-refractivity contribution in [2.75, 3.05) is 17.7 Å². The second kappa shape index (κ2) is 6.04. The largest absolute Gasteiger partial charge is 0.370 e. The normalized spacial score (nSPS) is 14.6. The molecule has 2 rings (SSSR count). The van der Waals surface area contributed by atoms with Crippen LogP contribution in [0.5, 0.6) is 0 Å². The number of rotatable bonds is 5. The lowest BCUT2D eigenvalue weighted by Crippen LogP contribution is -2.12. The topological polar surface area (TPSA) is 37.8 Å². The maximum absolute atomic E-state index is 5.65. The highest BCUT2D eigenvalue weighted by Crippen LogP contribution is 2.24. The van der Waals surface area contributed by atoms with Gasteiger partial charge in [-0.2, -0.15) is 0 Å². The molecule has 0 atom stereocenters. The molecule has 1 N–H and O–H groups in total. The number of aryl methyl sites for hydroxylation is 1.